The number of carbonyl (C=O) groups is 1. The Morgan fingerprint density at radius 1 is 1.25 bits per heavy atom. The van der Waals surface area contributed by atoms with Gasteiger partial charge in [-0.2, -0.15) is 0 Å². The third kappa shape index (κ3) is 3.12. The number of benzene rings is 1. The number of esters is 1. The second-order valence-electron chi connectivity index (χ2n) is 5.01. The number of carbonyl (C=O) groups excluding carboxylic acids is 1. The maximum Gasteiger partial charge on any atom is 0.325 e. The highest BCUT2D eigenvalue weighted by Gasteiger charge is 2.53. The highest BCUT2D eigenvalue weighted by atomic mass is 16.5. The van der Waals surface area contributed by atoms with E-state index in [0.29, 0.717) is 6.61 Å². The molecule has 0 bridgehead atoms. The highest BCUT2D eigenvalue weighted by Crippen LogP contribution is 2.44. The van der Waals surface area contributed by atoms with E-state index in [4.69, 9.17) is 9.47 Å². The fraction of sp³-hybridized carbons (Fsp3) is 0.562. The van der Waals surface area contributed by atoms with Crippen LogP contribution in [0.4, 0.5) is 0 Å². The van der Waals surface area contributed by atoms with Crippen molar-refractivity contribution in [1.82, 2.24) is 4.90 Å². The van der Waals surface area contributed by atoms with Crippen molar-refractivity contribution in [3.8, 4) is 5.75 Å². The molecule has 0 N–H and O–H groups in total. The first-order valence-corrected chi connectivity index (χ1v) is 7.29. The molecule has 110 valence electrons. The van der Waals surface area contributed by atoms with E-state index in [2.05, 4.69) is 11.8 Å². The van der Waals surface area contributed by atoms with Gasteiger partial charge in [0.1, 0.15) is 11.8 Å². The van der Waals surface area contributed by atoms with Crippen LogP contribution in [-0.2, 0) is 9.53 Å². The van der Waals surface area contributed by atoms with Gasteiger partial charge in [0.25, 0.3) is 0 Å². The zero-order valence-corrected chi connectivity index (χ0v) is 12.5. The molecule has 1 aliphatic rings. The van der Waals surface area contributed by atoms with Crippen LogP contribution in [0, 0.1) is 0 Å². The van der Waals surface area contributed by atoms with E-state index >= 15 is 0 Å². The van der Waals surface area contributed by atoms with Gasteiger partial charge in [0.05, 0.1) is 19.8 Å². The van der Waals surface area contributed by atoms with E-state index in [-0.39, 0.29) is 18.1 Å². The Bertz CT molecular complexity index is 444. The minimum atomic E-state index is -0.116. The van der Waals surface area contributed by atoms with E-state index < -0.39 is 0 Å². The van der Waals surface area contributed by atoms with Gasteiger partial charge in [-0.15, -0.1) is 0 Å². The van der Waals surface area contributed by atoms with Gasteiger partial charge in [-0.1, -0.05) is 25.5 Å². The first-order chi connectivity index (χ1) is 9.72. The summed E-state index contributed by atoms with van der Waals surface area (Å²) in [4.78, 5) is 14.2. The van der Waals surface area contributed by atoms with Crippen LogP contribution < -0.4 is 4.74 Å². The second-order valence-corrected chi connectivity index (χ2v) is 5.01. The molecule has 0 radical (unpaired) electrons. The fourth-order valence-electron chi connectivity index (χ4n) is 2.56. The molecule has 1 heterocycles. The smallest absolute Gasteiger partial charge is 0.325 e. The topological polar surface area (TPSA) is 38.5 Å². The molecule has 3 atom stereocenters. The number of hydrogen-bond donors (Lipinski definition) is 0. The van der Waals surface area contributed by atoms with Gasteiger partial charge in [-0.05, 0) is 37.6 Å². The Labute approximate surface area is 120 Å². The summed E-state index contributed by atoms with van der Waals surface area (Å²) in [5.41, 5.74) is 1.15. The monoisotopic (exact) mass is 277 g/mol. The number of ether oxygens (including phenoxy) is 2. The van der Waals surface area contributed by atoms with E-state index in [9.17, 15) is 4.79 Å². The largest absolute Gasteiger partial charge is 0.497 e. The lowest BCUT2D eigenvalue weighted by Gasteiger charge is -2.03. The zero-order chi connectivity index (χ0) is 14.5. The van der Waals surface area contributed by atoms with Crippen molar-refractivity contribution in [2.45, 2.75) is 38.8 Å². The fourth-order valence-corrected chi connectivity index (χ4v) is 2.56. The molecule has 4 nitrogen and oxygen atoms in total. The van der Waals surface area contributed by atoms with E-state index in [1.807, 2.05) is 31.2 Å². The van der Waals surface area contributed by atoms with Crippen LogP contribution in [0.3, 0.4) is 0 Å². The molecule has 2 rings (SSSR count). The lowest BCUT2D eigenvalue weighted by atomic mass is 10.1. The van der Waals surface area contributed by atoms with Crippen LogP contribution >= 0.6 is 0 Å². The Hall–Kier alpha value is -1.55. The van der Waals surface area contributed by atoms with Gasteiger partial charge in [0, 0.05) is 0 Å². The van der Waals surface area contributed by atoms with Gasteiger partial charge in [-0.25, -0.2) is 0 Å². The normalized spacial score (nSPS) is 24.2. The summed E-state index contributed by atoms with van der Waals surface area (Å²) in [7, 11) is 1.65. The van der Waals surface area contributed by atoms with Crippen LogP contribution in [0.15, 0.2) is 24.3 Å². The van der Waals surface area contributed by atoms with Crippen molar-refractivity contribution in [2.24, 2.45) is 0 Å². The molecule has 3 unspecified atom stereocenters. The molecular formula is C16H23NO3. The Morgan fingerprint density at radius 3 is 2.50 bits per heavy atom. The number of hydrogen-bond acceptors (Lipinski definition) is 4. The molecule has 1 aromatic carbocycles. The molecular weight excluding hydrogens is 254 g/mol. The van der Waals surface area contributed by atoms with Crippen molar-refractivity contribution >= 4 is 5.97 Å². The van der Waals surface area contributed by atoms with Crippen molar-refractivity contribution in [1.29, 1.82) is 0 Å². The van der Waals surface area contributed by atoms with Crippen LogP contribution in [0.5, 0.6) is 5.75 Å². The lowest BCUT2D eigenvalue weighted by molar-refractivity contribution is -0.143. The van der Waals surface area contributed by atoms with Crippen LogP contribution in [0.2, 0.25) is 0 Å². The number of unbranched alkanes of at least 4 members (excludes halogenated alkanes) is 1. The molecule has 0 spiro atoms. The summed E-state index contributed by atoms with van der Waals surface area (Å²) >= 11 is 0. The third-order valence-corrected chi connectivity index (χ3v) is 3.68. The minimum Gasteiger partial charge on any atom is -0.497 e. The number of methoxy groups -OCH3 is 1. The molecule has 20 heavy (non-hydrogen) atoms. The summed E-state index contributed by atoms with van der Waals surface area (Å²) in [5.74, 6) is 0.728. The summed E-state index contributed by atoms with van der Waals surface area (Å²) in [6.45, 7) is 5.38. The highest BCUT2D eigenvalue weighted by molar-refractivity contribution is 5.80. The number of rotatable bonds is 7. The maximum atomic E-state index is 12.0. The van der Waals surface area contributed by atoms with Gasteiger partial charge in [0.2, 0.25) is 0 Å². The van der Waals surface area contributed by atoms with Crippen molar-refractivity contribution < 1.29 is 14.3 Å². The predicted octanol–water partition coefficient (Wildman–Crippen LogP) is 2.78. The summed E-state index contributed by atoms with van der Waals surface area (Å²) in [5, 5.41) is 0. The Balaban J connectivity index is 2.08. The Morgan fingerprint density at radius 2 is 1.95 bits per heavy atom. The van der Waals surface area contributed by atoms with E-state index in [1.54, 1.807) is 7.11 Å². The average molecular weight is 277 g/mol. The molecule has 0 aromatic heterocycles. The molecule has 4 heteroatoms. The van der Waals surface area contributed by atoms with Crippen LogP contribution in [-0.4, -0.2) is 37.2 Å². The van der Waals surface area contributed by atoms with Gasteiger partial charge in [0.15, 0.2) is 0 Å². The van der Waals surface area contributed by atoms with E-state index in [1.165, 1.54) is 0 Å². The van der Waals surface area contributed by atoms with Gasteiger partial charge in [-0.3, -0.25) is 9.69 Å². The molecule has 0 aliphatic carbocycles. The summed E-state index contributed by atoms with van der Waals surface area (Å²) < 4.78 is 10.3. The van der Waals surface area contributed by atoms with E-state index in [0.717, 1.165) is 30.7 Å². The number of nitrogens with zero attached hydrogens (tertiary/aromatic N) is 1. The van der Waals surface area contributed by atoms with Gasteiger partial charge >= 0.3 is 5.97 Å². The molecule has 0 amide bonds. The maximum absolute atomic E-state index is 12.0. The summed E-state index contributed by atoms with van der Waals surface area (Å²) in [6, 6.07) is 7.98. The SMILES string of the molecule is CCCCN1C(C(=O)OCC)C1c1ccc(OC)cc1. The molecule has 1 saturated heterocycles. The van der Waals surface area contributed by atoms with Crippen molar-refractivity contribution in [3.05, 3.63) is 29.8 Å². The standard InChI is InChI=1S/C16H23NO3/c1-4-6-11-17-14(15(17)16(18)20-5-2)12-7-9-13(19-3)10-8-12/h7-10,14-15H,4-6,11H2,1-3H3. The van der Waals surface area contributed by atoms with Crippen molar-refractivity contribution in [2.75, 3.05) is 20.3 Å². The lowest BCUT2D eigenvalue weighted by Crippen LogP contribution is -2.16. The summed E-state index contributed by atoms with van der Waals surface area (Å²) in [6.07, 6.45) is 2.23. The predicted molar refractivity (Wildman–Crippen MR) is 77.8 cm³/mol. The zero-order valence-electron chi connectivity index (χ0n) is 12.5. The van der Waals surface area contributed by atoms with Gasteiger partial charge < -0.3 is 9.47 Å². The quantitative estimate of drug-likeness (QED) is 0.567. The van der Waals surface area contributed by atoms with Crippen LogP contribution in [0.25, 0.3) is 0 Å². The molecule has 1 aromatic rings. The van der Waals surface area contributed by atoms with Crippen LogP contribution in [0.1, 0.15) is 38.3 Å². The first kappa shape index (κ1) is 14.9. The molecule has 0 saturated carbocycles. The van der Waals surface area contributed by atoms with Crippen molar-refractivity contribution in [3.63, 3.8) is 0 Å². The molecule has 1 aliphatic heterocycles. The minimum absolute atomic E-state index is 0.107. The third-order valence-electron chi connectivity index (χ3n) is 3.68. The average Bonchev–Trinajstić information content (AvgIpc) is 3.19. The second kappa shape index (κ2) is 6.75. The molecule has 1 fully saturated rings. The Kier molecular flexibility index (Phi) is 5.01. The first-order valence-electron chi connectivity index (χ1n) is 7.29.